The second-order valence-corrected chi connectivity index (χ2v) is 2.07. The summed E-state index contributed by atoms with van der Waals surface area (Å²) in [7, 11) is 0. The predicted molar refractivity (Wildman–Crippen MR) is 35.4 cm³/mol. The van der Waals surface area contributed by atoms with Gasteiger partial charge in [0.25, 0.3) is 0 Å². The number of halogens is 2. The van der Waals surface area contributed by atoms with Gasteiger partial charge >= 0.3 is 5.97 Å². The van der Waals surface area contributed by atoms with E-state index < -0.39 is 5.97 Å². The molecule has 0 rings (SSSR count). The largest absolute Gasteiger partial charge is 0.477 e. The van der Waals surface area contributed by atoms with Crippen LogP contribution in [0.15, 0.2) is 11.1 Å². The van der Waals surface area contributed by atoms with Crippen LogP contribution in [-0.2, 0) is 4.79 Å². The molecule has 0 aromatic rings. The summed E-state index contributed by atoms with van der Waals surface area (Å²) in [5.41, 5.74) is 0. The zero-order valence-electron chi connectivity index (χ0n) is 3.90. The first-order chi connectivity index (χ1) is 3.68. The molecule has 46 valence electrons. The van der Waals surface area contributed by atoms with Gasteiger partial charge in [-0.25, -0.2) is 4.79 Å². The number of alkyl halides is 1. The lowest BCUT2D eigenvalue weighted by Crippen LogP contribution is -1.92. The maximum absolute atomic E-state index is 9.87. The molecule has 4 heteroatoms. The molecule has 0 aliphatic rings. The van der Waals surface area contributed by atoms with Gasteiger partial charge in [-0.05, 0) is 6.08 Å². The van der Waals surface area contributed by atoms with Crippen molar-refractivity contribution in [2.45, 2.75) is 0 Å². The van der Waals surface area contributed by atoms with Crippen molar-refractivity contribution in [1.29, 1.82) is 0 Å². The van der Waals surface area contributed by atoms with Crippen molar-refractivity contribution in [2.75, 3.05) is 5.33 Å². The number of allylic oxidation sites excluding steroid dienone is 1. The summed E-state index contributed by atoms with van der Waals surface area (Å²) in [6, 6.07) is 0. The second kappa shape index (κ2) is 3.92. The zero-order chi connectivity index (χ0) is 6.57. The summed E-state index contributed by atoms with van der Waals surface area (Å²) in [5.74, 6) is -1.09. The quantitative estimate of drug-likeness (QED) is 0.542. The minimum atomic E-state index is -1.09. The van der Waals surface area contributed by atoms with Crippen LogP contribution in [0, 0.1) is 0 Å². The van der Waals surface area contributed by atoms with Crippen molar-refractivity contribution in [3.63, 3.8) is 0 Å². The SMILES string of the molecule is O=C(O)/C(Cl)=C/CBr. The van der Waals surface area contributed by atoms with E-state index in [1.54, 1.807) is 0 Å². The minimum absolute atomic E-state index is 0.151. The van der Waals surface area contributed by atoms with Crippen molar-refractivity contribution in [2.24, 2.45) is 0 Å². The fourth-order valence-electron chi connectivity index (χ4n) is 0.155. The van der Waals surface area contributed by atoms with Crippen molar-refractivity contribution in [3.8, 4) is 0 Å². The molecular weight excluding hydrogens is 195 g/mol. The van der Waals surface area contributed by atoms with E-state index in [0.29, 0.717) is 5.33 Å². The lowest BCUT2D eigenvalue weighted by molar-refractivity contribution is -0.131. The molecule has 0 spiro atoms. The maximum Gasteiger partial charge on any atom is 0.346 e. The Morgan fingerprint density at radius 2 is 2.38 bits per heavy atom. The minimum Gasteiger partial charge on any atom is -0.477 e. The average molecular weight is 199 g/mol. The van der Waals surface area contributed by atoms with Gasteiger partial charge in [0.2, 0.25) is 0 Å². The van der Waals surface area contributed by atoms with Gasteiger partial charge in [-0.2, -0.15) is 0 Å². The number of carbonyl (C=O) groups is 1. The first-order valence-corrected chi connectivity index (χ1v) is 3.33. The van der Waals surface area contributed by atoms with Crippen LogP contribution in [0.4, 0.5) is 0 Å². The van der Waals surface area contributed by atoms with Crippen LogP contribution in [0.3, 0.4) is 0 Å². The van der Waals surface area contributed by atoms with E-state index in [4.69, 9.17) is 16.7 Å². The van der Waals surface area contributed by atoms with E-state index in [9.17, 15) is 4.79 Å². The molecule has 0 unspecified atom stereocenters. The topological polar surface area (TPSA) is 37.3 Å². The van der Waals surface area contributed by atoms with Crippen LogP contribution in [0.5, 0.6) is 0 Å². The van der Waals surface area contributed by atoms with Gasteiger partial charge in [-0.15, -0.1) is 0 Å². The van der Waals surface area contributed by atoms with Gasteiger partial charge in [0.1, 0.15) is 5.03 Å². The van der Waals surface area contributed by atoms with Gasteiger partial charge < -0.3 is 5.11 Å². The third kappa shape index (κ3) is 3.04. The van der Waals surface area contributed by atoms with Gasteiger partial charge in [0.15, 0.2) is 0 Å². The Labute approximate surface area is 60.3 Å². The van der Waals surface area contributed by atoms with E-state index in [1.807, 2.05) is 0 Å². The third-order valence-corrected chi connectivity index (χ3v) is 1.10. The fraction of sp³-hybridized carbons (Fsp3) is 0.250. The van der Waals surface area contributed by atoms with Crippen LogP contribution in [0.2, 0.25) is 0 Å². The molecule has 0 heterocycles. The Hall–Kier alpha value is -0.0200. The Kier molecular flexibility index (Phi) is 3.91. The summed E-state index contributed by atoms with van der Waals surface area (Å²) in [6.45, 7) is 0. The van der Waals surface area contributed by atoms with Crippen LogP contribution < -0.4 is 0 Å². The molecule has 8 heavy (non-hydrogen) atoms. The Morgan fingerprint density at radius 1 is 1.88 bits per heavy atom. The van der Waals surface area contributed by atoms with Crippen molar-refractivity contribution in [3.05, 3.63) is 11.1 Å². The number of hydrogen-bond donors (Lipinski definition) is 1. The highest BCUT2D eigenvalue weighted by Gasteiger charge is 1.98. The molecule has 0 aliphatic carbocycles. The van der Waals surface area contributed by atoms with Crippen LogP contribution in [-0.4, -0.2) is 16.4 Å². The molecule has 0 fully saturated rings. The van der Waals surface area contributed by atoms with Gasteiger partial charge in [0.05, 0.1) is 0 Å². The molecule has 2 nitrogen and oxygen atoms in total. The Balaban J connectivity index is 3.80. The standard InChI is InChI=1S/C4H4BrClO2/c5-2-1-3(6)4(7)8/h1H,2H2,(H,7,8)/b3-1-. The summed E-state index contributed by atoms with van der Waals surface area (Å²) >= 11 is 8.14. The third-order valence-electron chi connectivity index (χ3n) is 0.461. The van der Waals surface area contributed by atoms with Crippen LogP contribution >= 0.6 is 27.5 Å². The lowest BCUT2D eigenvalue weighted by Gasteiger charge is -1.83. The maximum atomic E-state index is 9.87. The highest BCUT2D eigenvalue weighted by Crippen LogP contribution is 2.00. The van der Waals surface area contributed by atoms with E-state index in [1.165, 1.54) is 6.08 Å². The lowest BCUT2D eigenvalue weighted by atomic mass is 10.5. The highest BCUT2D eigenvalue weighted by atomic mass is 79.9. The summed E-state index contributed by atoms with van der Waals surface area (Å²) < 4.78 is 0. The van der Waals surface area contributed by atoms with E-state index >= 15 is 0 Å². The summed E-state index contributed by atoms with van der Waals surface area (Å²) in [6.07, 6.45) is 1.36. The molecule has 0 saturated heterocycles. The van der Waals surface area contributed by atoms with Crippen molar-refractivity contribution >= 4 is 33.5 Å². The highest BCUT2D eigenvalue weighted by molar-refractivity contribution is 9.09. The molecule has 0 saturated carbocycles. The molecular formula is C4H4BrClO2. The van der Waals surface area contributed by atoms with Crippen LogP contribution in [0.1, 0.15) is 0 Å². The molecule has 1 N–H and O–H groups in total. The van der Waals surface area contributed by atoms with Crippen molar-refractivity contribution in [1.82, 2.24) is 0 Å². The zero-order valence-corrected chi connectivity index (χ0v) is 6.24. The average Bonchev–Trinajstić information content (AvgIpc) is 1.67. The first kappa shape index (κ1) is 7.98. The molecule has 0 aromatic carbocycles. The smallest absolute Gasteiger partial charge is 0.346 e. The predicted octanol–water partition coefficient (Wildman–Crippen LogP) is 1.59. The fourth-order valence-corrected chi connectivity index (χ4v) is 0.742. The van der Waals surface area contributed by atoms with E-state index in [0.717, 1.165) is 0 Å². The Bertz CT molecular complexity index is 121. The van der Waals surface area contributed by atoms with Gasteiger partial charge in [-0.3, -0.25) is 0 Å². The monoisotopic (exact) mass is 198 g/mol. The second-order valence-electron chi connectivity index (χ2n) is 1.01. The van der Waals surface area contributed by atoms with E-state index in [2.05, 4.69) is 15.9 Å². The molecule has 0 amide bonds. The normalized spacial score (nSPS) is 11.5. The number of carboxylic acid groups (broad SMARTS) is 1. The number of rotatable bonds is 2. The summed E-state index contributed by atoms with van der Waals surface area (Å²) in [5, 5.41) is 8.41. The summed E-state index contributed by atoms with van der Waals surface area (Å²) in [4.78, 5) is 9.87. The first-order valence-electron chi connectivity index (χ1n) is 1.83. The molecule has 0 radical (unpaired) electrons. The number of aliphatic carboxylic acids is 1. The van der Waals surface area contributed by atoms with Gasteiger partial charge in [0, 0.05) is 5.33 Å². The molecule has 0 aromatic heterocycles. The number of hydrogen-bond acceptors (Lipinski definition) is 1. The van der Waals surface area contributed by atoms with Crippen molar-refractivity contribution < 1.29 is 9.90 Å². The molecule has 0 aliphatic heterocycles. The number of carboxylic acids is 1. The van der Waals surface area contributed by atoms with Gasteiger partial charge in [-0.1, -0.05) is 27.5 Å². The molecule has 0 atom stereocenters. The van der Waals surface area contributed by atoms with Crippen LogP contribution in [0.25, 0.3) is 0 Å². The molecule has 0 bridgehead atoms. The Morgan fingerprint density at radius 3 is 2.50 bits per heavy atom. The van der Waals surface area contributed by atoms with E-state index in [-0.39, 0.29) is 5.03 Å².